The summed E-state index contributed by atoms with van der Waals surface area (Å²) in [6, 6.07) is 3.67. The minimum atomic E-state index is -2.86. The van der Waals surface area contributed by atoms with Crippen molar-refractivity contribution in [1.29, 1.82) is 0 Å². The van der Waals surface area contributed by atoms with E-state index in [0.717, 1.165) is 5.76 Å². The van der Waals surface area contributed by atoms with E-state index in [1.807, 2.05) is 24.3 Å². The molecule has 0 spiro atoms. The van der Waals surface area contributed by atoms with Crippen LogP contribution in [0.2, 0.25) is 0 Å². The lowest BCUT2D eigenvalue weighted by Crippen LogP contribution is -2.22. The molecule has 1 rings (SSSR count). The second-order valence-corrected chi connectivity index (χ2v) is 5.51. The second kappa shape index (κ2) is 5.72. The number of rotatable bonds is 6. The zero-order valence-electron chi connectivity index (χ0n) is 8.64. The van der Waals surface area contributed by atoms with Crippen molar-refractivity contribution in [2.75, 3.05) is 25.1 Å². The molecule has 4 nitrogen and oxygen atoms in total. The van der Waals surface area contributed by atoms with Crippen LogP contribution in [-0.2, 0) is 9.84 Å². The molecule has 5 heteroatoms. The normalized spacial score (nSPS) is 12.3. The summed E-state index contributed by atoms with van der Waals surface area (Å²) in [6.45, 7) is 1.11. The van der Waals surface area contributed by atoms with E-state index in [1.54, 1.807) is 6.26 Å². The van der Waals surface area contributed by atoms with Gasteiger partial charge in [-0.05, 0) is 18.2 Å². The molecule has 0 unspecified atom stereocenters. The predicted molar refractivity (Wildman–Crippen MR) is 60.3 cm³/mol. The summed E-state index contributed by atoms with van der Waals surface area (Å²) in [5, 5.41) is 3.00. The van der Waals surface area contributed by atoms with Crippen LogP contribution in [0.15, 0.2) is 28.9 Å². The molecule has 0 aliphatic heterocycles. The smallest absolute Gasteiger partial charge is 0.148 e. The van der Waals surface area contributed by atoms with Gasteiger partial charge in [0.15, 0.2) is 0 Å². The van der Waals surface area contributed by atoms with Gasteiger partial charge < -0.3 is 9.73 Å². The third-order valence-corrected chi connectivity index (χ3v) is 2.68. The van der Waals surface area contributed by atoms with E-state index >= 15 is 0 Å². The standard InChI is InChI=1S/C10H15NO3S/c1-15(12,13)9-7-11-6-2-4-10-5-3-8-14-10/h2-5,8,11H,6-7,9H2,1H3/b4-2+. The molecule has 0 aliphatic carbocycles. The first kappa shape index (κ1) is 12.0. The van der Waals surface area contributed by atoms with Gasteiger partial charge in [0.2, 0.25) is 0 Å². The topological polar surface area (TPSA) is 59.3 Å². The van der Waals surface area contributed by atoms with Crippen LogP contribution in [0.5, 0.6) is 0 Å². The largest absolute Gasteiger partial charge is 0.465 e. The summed E-state index contributed by atoms with van der Waals surface area (Å²) in [4.78, 5) is 0. The molecule has 84 valence electrons. The van der Waals surface area contributed by atoms with Crippen molar-refractivity contribution in [1.82, 2.24) is 5.32 Å². The van der Waals surface area contributed by atoms with Crippen LogP contribution in [0.4, 0.5) is 0 Å². The molecule has 15 heavy (non-hydrogen) atoms. The summed E-state index contributed by atoms with van der Waals surface area (Å²) in [5.74, 6) is 0.960. The first-order valence-corrected chi connectivity index (χ1v) is 6.72. The molecule has 0 atom stereocenters. The van der Waals surface area contributed by atoms with Crippen molar-refractivity contribution in [3.05, 3.63) is 30.2 Å². The van der Waals surface area contributed by atoms with E-state index in [9.17, 15) is 8.42 Å². The molecule has 1 N–H and O–H groups in total. The molecule has 1 heterocycles. The van der Waals surface area contributed by atoms with Crippen molar-refractivity contribution >= 4 is 15.9 Å². The number of furan rings is 1. The molecule has 0 saturated carbocycles. The van der Waals surface area contributed by atoms with Gasteiger partial charge in [-0.1, -0.05) is 6.08 Å². The maximum Gasteiger partial charge on any atom is 0.148 e. The van der Waals surface area contributed by atoms with Gasteiger partial charge in [0.25, 0.3) is 0 Å². The molecule has 1 aromatic rings. The fourth-order valence-corrected chi connectivity index (χ4v) is 1.52. The Bertz CT molecular complexity index is 392. The fraction of sp³-hybridized carbons (Fsp3) is 0.400. The first-order chi connectivity index (χ1) is 7.08. The number of hydrogen-bond donors (Lipinski definition) is 1. The lowest BCUT2D eigenvalue weighted by atomic mass is 10.4. The Morgan fingerprint density at radius 2 is 2.33 bits per heavy atom. The maximum atomic E-state index is 10.8. The van der Waals surface area contributed by atoms with Gasteiger partial charge >= 0.3 is 0 Å². The van der Waals surface area contributed by atoms with Crippen LogP contribution in [0.25, 0.3) is 6.08 Å². The highest BCUT2D eigenvalue weighted by atomic mass is 32.2. The van der Waals surface area contributed by atoms with Gasteiger partial charge in [0.1, 0.15) is 15.6 Å². The van der Waals surface area contributed by atoms with Gasteiger partial charge in [-0.2, -0.15) is 0 Å². The minimum Gasteiger partial charge on any atom is -0.465 e. The van der Waals surface area contributed by atoms with Crippen LogP contribution < -0.4 is 5.32 Å². The monoisotopic (exact) mass is 229 g/mol. The Labute approximate surface area is 89.9 Å². The third kappa shape index (κ3) is 6.09. The Kier molecular flexibility index (Phi) is 4.58. The summed E-state index contributed by atoms with van der Waals surface area (Å²) in [5.41, 5.74) is 0. The SMILES string of the molecule is CS(=O)(=O)CCNC/C=C/c1ccco1. The fourth-order valence-electron chi connectivity index (χ4n) is 1.00. The second-order valence-electron chi connectivity index (χ2n) is 3.25. The first-order valence-electron chi connectivity index (χ1n) is 4.66. The molecule has 1 aromatic heterocycles. The van der Waals surface area contributed by atoms with E-state index in [-0.39, 0.29) is 5.75 Å². The number of sulfone groups is 1. The highest BCUT2D eigenvalue weighted by Gasteiger charge is 1.99. The minimum absolute atomic E-state index is 0.168. The molecule has 0 radical (unpaired) electrons. The van der Waals surface area contributed by atoms with E-state index in [2.05, 4.69) is 5.32 Å². The molecule has 0 aromatic carbocycles. The zero-order valence-corrected chi connectivity index (χ0v) is 9.46. The van der Waals surface area contributed by atoms with Gasteiger partial charge in [-0.3, -0.25) is 0 Å². The Hall–Kier alpha value is -1.07. The molecule has 0 fully saturated rings. The predicted octanol–water partition coefficient (Wildman–Crippen LogP) is 0.927. The van der Waals surface area contributed by atoms with Crippen LogP contribution in [0, 0.1) is 0 Å². The summed E-state index contributed by atoms with van der Waals surface area (Å²) in [7, 11) is -2.86. The lowest BCUT2D eigenvalue weighted by molar-refractivity contribution is 0.556. The average molecular weight is 229 g/mol. The molecule has 0 saturated heterocycles. The Morgan fingerprint density at radius 1 is 1.53 bits per heavy atom. The van der Waals surface area contributed by atoms with Crippen molar-refractivity contribution in [2.45, 2.75) is 0 Å². The van der Waals surface area contributed by atoms with Crippen molar-refractivity contribution in [3.63, 3.8) is 0 Å². The molecule has 0 aliphatic rings. The van der Waals surface area contributed by atoms with Crippen molar-refractivity contribution < 1.29 is 12.8 Å². The number of nitrogens with one attached hydrogen (secondary N) is 1. The quantitative estimate of drug-likeness (QED) is 0.737. The summed E-state index contributed by atoms with van der Waals surface area (Å²) < 4.78 is 26.6. The van der Waals surface area contributed by atoms with Crippen molar-refractivity contribution in [2.24, 2.45) is 0 Å². The maximum absolute atomic E-state index is 10.8. The highest BCUT2D eigenvalue weighted by molar-refractivity contribution is 7.90. The Balaban J connectivity index is 2.12. The van der Waals surface area contributed by atoms with Crippen LogP contribution in [0.3, 0.4) is 0 Å². The number of hydrogen-bond acceptors (Lipinski definition) is 4. The molecular formula is C10H15NO3S. The van der Waals surface area contributed by atoms with Gasteiger partial charge in [0, 0.05) is 19.3 Å². The van der Waals surface area contributed by atoms with Gasteiger partial charge in [-0.15, -0.1) is 0 Å². The van der Waals surface area contributed by atoms with Crippen LogP contribution in [0.1, 0.15) is 5.76 Å². The van der Waals surface area contributed by atoms with Crippen molar-refractivity contribution in [3.8, 4) is 0 Å². The van der Waals surface area contributed by atoms with E-state index in [1.165, 1.54) is 6.26 Å². The van der Waals surface area contributed by atoms with E-state index < -0.39 is 9.84 Å². The van der Waals surface area contributed by atoms with Gasteiger partial charge in [-0.25, -0.2) is 8.42 Å². The van der Waals surface area contributed by atoms with E-state index in [0.29, 0.717) is 13.1 Å². The Morgan fingerprint density at radius 3 is 2.93 bits per heavy atom. The molecule has 0 bridgehead atoms. The molecule has 0 amide bonds. The van der Waals surface area contributed by atoms with Gasteiger partial charge in [0.05, 0.1) is 12.0 Å². The van der Waals surface area contributed by atoms with Crippen LogP contribution >= 0.6 is 0 Å². The lowest BCUT2D eigenvalue weighted by Gasteiger charge is -1.98. The van der Waals surface area contributed by atoms with Crippen LogP contribution in [-0.4, -0.2) is 33.5 Å². The zero-order chi connectivity index (χ0) is 11.1. The highest BCUT2D eigenvalue weighted by Crippen LogP contribution is 2.01. The van der Waals surface area contributed by atoms with E-state index in [4.69, 9.17) is 4.42 Å². The average Bonchev–Trinajstić information content (AvgIpc) is 2.61. The third-order valence-electron chi connectivity index (χ3n) is 1.74. The molecular weight excluding hydrogens is 214 g/mol. The summed E-state index contributed by atoms with van der Waals surface area (Å²) >= 11 is 0. The summed E-state index contributed by atoms with van der Waals surface area (Å²) in [6.07, 6.45) is 6.57.